The summed E-state index contributed by atoms with van der Waals surface area (Å²) in [5, 5.41) is 1.15. The molecular formula is C19H21NO. The van der Waals surface area contributed by atoms with E-state index < -0.39 is 0 Å². The zero-order chi connectivity index (χ0) is 15.1. The molecule has 21 heavy (non-hydrogen) atoms. The largest absolute Gasteiger partial charge is 0.459 e. The lowest BCUT2D eigenvalue weighted by atomic mass is 9.96. The van der Waals surface area contributed by atoms with E-state index in [-0.39, 0.29) is 6.04 Å². The highest BCUT2D eigenvalue weighted by molar-refractivity contribution is 5.83. The fourth-order valence-corrected chi connectivity index (χ4v) is 2.96. The number of aryl methyl sites for hydroxylation is 4. The van der Waals surface area contributed by atoms with Gasteiger partial charge in [0, 0.05) is 10.9 Å². The Hall–Kier alpha value is -2.06. The molecule has 0 saturated heterocycles. The van der Waals surface area contributed by atoms with Gasteiger partial charge in [-0.25, -0.2) is 0 Å². The van der Waals surface area contributed by atoms with Gasteiger partial charge >= 0.3 is 0 Å². The highest BCUT2D eigenvalue weighted by atomic mass is 16.3. The summed E-state index contributed by atoms with van der Waals surface area (Å²) in [6, 6.07) is 12.4. The third-order valence-electron chi connectivity index (χ3n) is 4.17. The van der Waals surface area contributed by atoms with Crippen LogP contribution in [0.5, 0.6) is 0 Å². The van der Waals surface area contributed by atoms with E-state index in [0.717, 1.165) is 27.9 Å². The molecule has 0 saturated carbocycles. The number of hydrogen-bond donors (Lipinski definition) is 1. The highest BCUT2D eigenvalue weighted by Gasteiger charge is 2.20. The van der Waals surface area contributed by atoms with E-state index in [9.17, 15) is 0 Å². The van der Waals surface area contributed by atoms with Crippen molar-refractivity contribution in [3.8, 4) is 0 Å². The maximum Gasteiger partial charge on any atom is 0.134 e. The monoisotopic (exact) mass is 279 g/mol. The third-order valence-corrected chi connectivity index (χ3v) is 4.17. The molecule has 0 aliphatic carbocycles. The molecule has 0 bridgehead atoms. The maximum atomic E-state index is 6.48. The van der Waals surface area contributed by atoms with Crippen LogP contribution >= 0.6 is 0 Å². The molecule has 3 aromatic rings. The number of benzene rings is 2. The molecule has 0 aliphatic rings. The van der Waals surface area contributed by atoms with Crippen LogP contribution in [0.1, 0.15) is 39.6 Å². The molecule has 0 aliphatic heterocycles. The second-order valence-electron chi connectivity index (χ2n) is 5.93. The SMILES string of the molecule is Cc1ccc(C(N)c2oc3cc(C)ccc3c2C)c(C)c1. The Balaban J connectivity index is 2.13. The molecule has 2 N–H and O–H groups in total. The van der Waals surface area contributed by atoms with Crippen molar-refractivity contribution in [3.63, 3.8) is 0 Å². The fraction of sp³-hybridized carbons (Fsp3) is 0.263. The van der Waals surface area contributed by atoms with Gasteiger partial charge in [0.25, 0.3) is 0 Å². The molecule has 3 rings (SSSR count). The van der Waals surface area contributed by atoms with Gasteiger partial charge in [-0.15, -0.1) is 0 Å². The van der Waals surface area contributed by atoms with E-state index in [1.165, 1.54) is 16.7 Å². The first-order valence-electron chi connectivity index (χ1n) is 7.29. The highest BCUT2D eigenvalue weighted by Crippen LogP contribution is 2.33. The average molecular weight is 279 g/mol. The Labute approximate surface area is 125 Å². The van der Waals surface area contributed by atoms with Gasteiger partial charge in [-0.1, -0.05) is 35.9 Å². The first kappa shape index (κ1) is 13.9. The van der Waals surface area contributed by atoms with Crippen LogP contribution in [-0.2, 0) is 0 Å². The quantitative estimate of drug-likeness (QED) is 0.737. The number of rotatable bonds is 2. The molecule has 2 aromatic carbocycles. The topological polar surface area (TPSA) is 39.2 Å². The first-order chi connectivity index (χ1) is 9.97. The minimum atomic E-state index is -0.224. The number of furan rings is 1. The lowest BCUT2D eigenvalue weighted by Gasteiger charge is -2.14. The molecule has 0 spiro atoms. The van der Waals surface area contributed by atoms with Crippen molar-refractivity contribution in [1.82, 2.24) is 0 Å². The van der Waals surface area contributed by atoms with Crippen molar-refractivity contribution >= 4 is 11.0 Å². The zero-order valence-corrected chi connectivity index (χ0v) is 13.0. The van der Waals surface area contributed by atoms with Gasteiger partial charge in [0.05, 0.1) is 6.04 Å². The second-order valence-corrected chi connectivity index (χ2v) is 5.93. The number of hydrogen-bond acceptors (Lipinski definition) is 2. The van der Waals surface area contributed by atoms with Gasteiger partial charge in [0.1, 0.15) is 11.3 Å². The van der Waals surface area contributed by atoms with Crippen LogP contribution in [0.2, 0.25) is 0 Å². The van der Waals surface area contributed by atoms with Crippen LogP contribution < -0.4 is 5.73 Å². The summed E-state index contributed by atoms with van der Waals surface area (Å²) >= 11 is 0. The summed E-state index contributed by atoms with van der Waals surface area (Å²) in [5.74, 6) is 0.863. The van der Waals surface area contributed by atoms with Crippen molar-refractivity contribution in [1.29, 1.82) is 0 Å². The molecule has 2 nitrogen and oxygen atoms in total. The Kier molecular flexibility index (Phi) is 3.34. The van der Waals surface area contributed by atoms with Gasteiger partial charge in [0.2, 0.25) is 0 Å². The normalized spacial score (nSPS) is 12.8. The standard InChI is InChI=1S/C19H21NO/c1-11-5-7-15(13(3)9-11)18(20)19-14(4)16-8-6-12(2)10-17(16)21-19/h5-10,18H,20H2,1-4H3. The smallest absolute Gasteiger partial charge is 0.134 e. The van der Waals surface area contributed by atoms with Gasteiger partial charge in [-0.05, 0) is 50.5 Å². The summed E-state index contributed by atoms with van der Waals surface area (Å²) in [7, 11) is 0. The van der Waals surface area contributed by atoms with Crippen molar-refractivity contribution in [2.45, 2.75) is 33.7 Å². The van der Waals surface area contributed by atoms with E-state index in [4.69, 9.17) is 10.2 Å². The maximum absolute atomic E-state index is 6.48. The van der Waals surface area contributed by atoms with Crippen LogP contribution in [0.25, 0.3) is 11.0 Å². The fourth-order valence-electron chi connectivity index (χ4n) is 2.96. The lowest BCUT2D eigenvalue weighted by molar-refractivity contribution is 0.520. The molecule has 1 heterocycles. The predicted octanol–water partition coefficient (Wildman–Crippen LogP) is 4.71. The van der Waals surface area contributed by atoms with E-state index >= 15 is 0 Å². The molecule has 1 atom stereocenters. The van der Waals surface area contributed by atoms with E-state index in [1.54, 1.807) is 0 Å². The van der Waals surface area contributed by atoms with Gasteiger partial charge in [-0.2, -0.15) is 0 Å². The van der Waals surface area contributed by atoms with Crippen molar-refractivity contribution < 1.29 is 4.42 Å². The van der Waals surface area contributed by atoms with E-state index in [2.05, 4.69) is 64.1 Å². The molecule has 1 aromatic heterocycles. The van der Waals surface area contributed by atoms with Crippen LogP contribution in [-0.4, -0.2) is 0 Å². The summed E-state index contributed by atoms with van der Waals surface area (Å²) in [6.07, 6.45) is 0. The van der Waals surface area contributed by atoms with Crippen LogP contribution in [0.4, 0.5) is 0 Å². The van der Waals surface area contributed by atoms with Crippen LogP contribution in [0.3, 0.4) is 0 Å². The molecular weight excluding hydrogens is 258 g/mol. The van der Waals surface area contributed by atoms with Gasteiger partial charge in [-0.3, -0.25) is 0 Å². The average Bonchev–Trinajstić information content (AvgIpc) is 2.75. The summed E-state index contributed by atoms with van der Waals surface area (Å²) in [5.41, 5.74) is 13.3. The van der Waals surface area contributed by atoms with Crippen LogP contribution in [0.15, 0.2) is 40.8 Å². The minimum absolute atomic E-state index is 0.224. The molecule has 0 fully saturated rings. The van der Waals surface area contributed by atoms with Crippen LogP contribution in [0, 0.1) is 27.7 Å². The zero-order valence-electron chi connectivity index (χ0n) is 13.0. The Bertz CT molecular complexity index is 814. The summed E-state index contributed by atoms with van der Waals surface area (Å²) < 4.78 is 6.06. The Morgan fingerprint density at radius 2 is 1.57 bits per heavy atom. The van der Waals surface area contributed by atoms with Gasteiger partial charge in [0.15, 0.2) is 0 Å². The first-order valence-corrected chi connectivity index (χ1v) is 7.29. The van der Waals surface area contributed by atoms with Crippen molar-refractivity contribution in [2.24, 2.45) is 5.73 Å². The van der Waals surface area contributed by atoms with E-state index in [1.807, 2.05) is 0 Å². The summed E-state index contributed by atoms with van der Waals surface area (Å²) in [6.45, 7) is 8.35. The molecule has 0 radical (unpaired) electrons. The van der Waals surface area contributed by atoms with Gasteiger partial charge < -0.3 is 10.2 Å². The molecule has 2 heteroatoms. The third kappa shape index (κ3) is 2.36. The molecule has 1 unspecified atom stereocenters. The molecule has 0 amide bonds. The number of nitrogens with two attached hydrogens (primary N) is 1. The molecule has 108 valence electrons. The second kappa shape index (κ2) is 5.05. The Morgan fingerprint density at radius 3 is 2.29 bits per heavy atom. The lowest BCUT2D eigenvalue weighted by Crippen LogP contribution is -2.13. The van der Waals surface area contributed by atoms with Crippen molar-refractivity contribution in [3.05, 3.63) is 70.0 Å². The minimum Gasteiger partial charge on any atom is -0.459 e. The Morgan fingerprint density at radius 1 is 0.905 bits per heavy atom. The van der Waals surface area contributed by atoms with E-state index in [0.29, 0.717) is 0 Å². The van der Waals surface area contributed by atoms with Crippen molar-refractivity contribution in [2.75, 3.05) is 0 Å². The number of fused-ring (bicyclic) bond motifs is 1. The predicted molar refractivity (Wildman–Crippen MR) is 87.6 cm³/mol. The summed E-state index contributed by atoms with van der Waals surface area (Å²) in [4.78, 5) is 0.